The van der Waals surface area contributed by atoms with Gasteiger partial charge in [-0.3, -0.25) is 4.79 Å². The maximum absolute atomic E-state index is 12.5. The van der Waals surface area contributed by atoms with Crippen LogP contribution in [-0.4, -0.2) is 24.5 Å². The lowest BCUT2D eigenvalue weighted by Crippen LogP contribution is -2.28. The Hall–Kier alpha value is -2.99. The van der Waals surface area contributed by atoms with Crippen LogP contribution in [0.3, 0.4) is 0 Å². The highest BCUT2D eigenvalue weighted by molar-refractivity contribution is 9.10. The fourth-order valence-corrected chi connectivity index (χ4v) is 3.65. The van der Waals surface area contributed by atoms with Crippen molar-refractivity contribution in [3.63, 3.8) is 0 Å². The average molecular weight is 439 g/mol. The summed E-state index contributed by atoms with van der Waals surface area (Å²) in [6.07, 6.45) is 2.01. The van der Waals surface area contributed by atoms with E-state index in [2.05, 4.69) is 32.3 Å². The number of aromatic nitrogens is 1. The maximum Gasteiger partial charge on any atom is 0.287 e. The molecule has 0 saturated heterocycles. The molecule has 2 N–H and O–H groups in total. The van der Waals surface area contributed by atoms with Crippen molar-refractivity contribution in [1.29, 1.82) is 0 Å². The molecule has 0 radical (unpaired) electrons. The third-order valence-corrected chi connectivity index (χ3v) is 5.20. The standard InChI is InChI=1S/C22H19BrN2O3/c1-27-15-8-6-14(7-9-15)17(12-25-22(26)20-10-11-21(23)28-20)18-13-24-19-5-3-2-4-16(18)19/h2-11,13,17,24H,12H2,1H3,(H,25,26)/t17-/m1/s1. The first-order chi connectivity index (χ1) is 13.7. The van der Waals surface area contributed by atoms with Crippen LogP contribution in [-0.2, 0) is 0 Å². The number of amides is 1. The van der Waals surface area contributed by atoms with Crippen LogP contribution in [0.25, 0.3) is 10.9 Å². The molecule has 6 heteroatoms. The van der Waals surface area contributed by atoms with Crippen LogP contribution in [0.15, 0.2) is 75.9 Å². The van der Waals surface area contributed by atoms with E-state index in [1.54, 1.807) is 19.2 Å². The van der Waals surface area contributed by atoms with E-state index in [1.165, 1.54) is 0 Å². The van der Waals surface area contributed by atoms with Crippen LogP contribution in [0.1, 0.15) is 27.6 Å². The van der Waals surface area contributed by atoms with Crippen molar-refractivity contribution in [2.75, 3.05) is 13.7 Å². The van der Waals surface area contributed by atoms with E-state index in [9.17, 15) is 4.79 Å². The van der Waals surface area contributed by atoms with E-state index >= 15 is 0 Å². The monoisotopic (exact) mass is 438 g/mol. The molecule has 2 aromatic carbocycles. The molecule has 4 rings (SSSR count). The van der Waals surface area contributed by atoms with Gasteiger partial charge >= 0.3 is 0 Å². The van der Waals surface area contributed by atoms with E-state index in [-0.39, 0.29) is 17.6 Å². The molecular formula is C22H19BrN2O3. The van der Waals surface area contributed by atoms with Crippen LogP contribution in [0.2, 0.25) is 0 Å². The Morgan fingerprint density at radius 2 is 1.93 bits per heavy atom. The Balaban J connectivity index is 1.65. The number of aromatic amines is 1. The first-order valence-corrected chi connectivity index (χ1v) is 9.68. The molecule has 0 saturated carbocycles. The Morgan fingerprint density at radius 1 is 1.14 bits per heavy atom. The van der Waals surface area contributed by atoms with Crippen LogP contribution < -0.4 is 10.1 Å². The molecule has 2 aromatic heterocycles. The number of benzene rings is 2. The summed E-state index contributed by atoms with van der Waals surface area (Å²) >= 11 is 3.23. The number of hydrogen-bond donors (Lipinski definition) is 2. The minimum atomic E-state index is -0.246. The van der Waals surface area contributed by atoms with Crippen molar-refractivity contribution in [3.05, 3.63) is 88.4 Å². The average Bonchev–Trinajstić information content (AvgIpc) is 3.35. The van der Waals surface area contributed by atoms with Crippen molar-refractivity contribution in [2.45, 2.75) is 5.92 Å². The summed E-state index contributed by atoms with van der Waals surface area (Å²) in [6.45, 7) is 0.436. The lowest BCUT2D eigenvalue weighted by molar-refractivity contribution is 0.0923. The van der Waals surface area contributed by atoms with Crippen molar-refractivity contribution >= 4 is 32.7 Å². The Labute approximate surface area is 170 Å². The lowest BCUT2D eigenvalue weighted by Gasteiger charge is -2.18. The minimum Gasteiger partial charge on any atom is -0.497 e. The minimum absolute atomic E-state index is 0.0237. The molecule has 0 aliphatic carbocycles. The second-order valence-electron chi connectivity index (χ2n) is 6.43. The molecule has 1 amide bonds. The van der Waals surface area contributed by atoms with Gasteiger partial charge in [0.25, 0.3) is 5.91 Å². The zero-order chi connectivity index (χ0) is 19.5. The number of para-hydroxylation sites is 1. The second-order valence-corrected chi connectivity index (χ2v) is 7.21. The van der Waals surface area contributed by atoms with Crippen molar-refractivity contribution < 1.29 is 13.9 Å². The van der Waals surface area contributed by atoms with Gasteiger partial charge in [-0.2, -0.15) is 0 Å². The molecule has 0 fully saturated rings. The Bertz CT molecular complexity index is 1100. The Morgan fingerprint density at radius 3 is 2.64 bits per heavy atom. The molecule has 142 valence electrons. The number of halogens is 1. The maximum atomic E-state index is 12.5. The van der Waals surface area contributed by atoms with Gasteiger partial charge in [0.05, 0.1) is 7.11 Å². The summed E-state index contributed by atoms with van der Waals surface area (Å²) in [6, 6.07) is 19.4. The van der Waals surface area contributed by atoms with Crippen LogP contribution in [0.5, 0.6) is 5.75 Å². The molecule has 0 unspecified atom stereocenters. The molecular weight excluding hydrogens is 420 g/mol. The van der Waals surface area contributed by atoms with Gasteiger partial charge in [-0.25, -0.2) is 0 Å². The smallest absolute Gasteiger partial charge is 0.287 e. The summed E-state index contributed by atoms with van der Waals surface area (Å²) < 4.78 is 11.2. The number of rotatable bonds is 6. The molecule has 4 aromatic rings. The number of H-pyrrole nitrogens is 1. The number of methoxy groups -OCH3 is 1. The normalized spacial score (nSPS) is 12.1. The molecule has 0 aliphatic rings. The number of hydrogen-bond acceptors (Lipinski definition) is 3. The largest absolute Gasteiger partial charge is 0.497 e. The van der Waals surface area contributed by atoms with Gasteiger partial charge in [-0.1, -0.05) is 30.3 Å². The molecule has 28 heavy (non-hydrogen) atoms. The van der Waals surface area contributed by atoms with Gasteiger partial charge in [0.1, 0.15) is 5.75 Å². The first kappa shape index (κ1) is 18.4. The fraction of sp³-hybridized carbons (Fsp3) is 0.136. The quantitative estimate of drug-likeness (QED) is 0.440. The van der Waals surface area contributed by atoms with Gasteiger partial charge in [-0.05, 0) is 57.4 Å². The molecule has 2 heterocycles. The third-order valence-electron chi connectivity index (χ3n) is 4.78. The van der Waals surface area contributed by atoms with E-state index < -0.39 is 0 Å². The topological polar surface area (TPSA) is 67.3 Å². The zero-order valence-electron chi connectivity index (χ0n) is 15.2. The molecule has 0 bridgehead atoms. The number of nitrogens with one attached hydrogen (secondary N) is 2. The fourth-order valence-electron chi connectivity index (χ4n) is 3.34. The number of furan rings is 1. The number of fused-ring (bicyclic) bond motifs is 1. The van der Waals surface area contributed by atoms with Crippen molar-refractivity contribution in [2.24, 2.45) is 0 Å². The van der Waals surface area contributed by atoms with Crippen LogP contribution in [0.4, 0.5) is 0 Å². The van der Waals surface area contributed by atoms with Crippen LogP contribution >= 0.6 is 15.9 Å². The highest BCUT2D eigenvalue weighted by Gasteiger charge is 2.20. The second kappa shape index (κ2) is 7.94. The summed E-state index contributed by atoms with van der Waals surface area (Å²) in [7, 11) is 1.65. The summed E-state index contributed by atoms with van der Waals surface area (Å²) in [4.78, 5) is 15.8. The third kappa shape index (κ3) is 3.68. The van der Waals surface area contributed by atoms with Gasteiger partial charge in [0.2, 0.25) is 0 Å². The van der Waals surface area contributed by atoms with Gasteiger partial charge in [-0.15, -0.1) is 0 Å². The number of carbonyl (C=O) groups excluding carboxylic acids is 1. The van der Waals surface area contributed by atoms with Crippen molar-refractivity contribution in [1.82, 2.24) is 10.3 Å². The summed E-state index contributed by atoms with van der Waals surface area (Å²) in [5.41, 5.74) is 3.28. The van der Waals surface area contributed by atoms with Crippen molar-refractivity contribution in [3.8, 4) is 5.75 Å². The predicted octanol–water partition coefficient (Wildman–Crippen LogP) is 5.09. The molecule has 5 nitrogen and oxygen atoms in total. The van der Waals surface area contributed by atoms with E-state index in [1.807, 2.05) is 48.7 Å². The summed E-state index contributed by atoms with van der Waals surface area (Å²) in [5, 5.41) is 4.13. The van der Waals surface area contributed by atoms with Crippen LogP contribution in [0, 0.1) is 0 Å². The highest BCUT2D eigenvalue weighted by atomic mass is 79.9. The highest BCUT2D eigenvalue weighted by Crippen LogP contribution is 2.31. The Kier molecular flexibility index (Phi) is 5.21. The molecule has 0 aliphatic heterocycles. The first-order valence-electron chi connectivity index (χ1n) is 8.89. The zero-order valence-corrected chi connectivity index (χ0v) is 16.8. The van der Waals surface area contributed by atoms with E-state index in [0.717, 1.165) is 27.8 Å². The number of ether oxygens (including phenoxy) is 1. The lowest BCUT2D eigenvalue weighted by atomic mass is 9.90. The van der Waals surface area contributed by atoms with Gasteiger partial charge < -0.3 is 19.5 Å². The predicted molar refractivity (Wildman–Crippen MR) is 112 cm³/mol. The SMILES string of the molecule is COc1ccc([C@@H](CNC(=O)c2ccc(Br)o2)c2c[nH]c3ccccc23)cc1. The van der Waals surface area contributed by atoms with E-state index in [0.29, 0.717) is 11.2 Å². The van der Waals surface area contributed by atoms with Gasteiger partial charge in [0.15, 0.2) is 10.4 Å². The molecule has 0 spiro atoms. The number of carbonyl (C=O) groups is 1. The van der Waals surface area contributed by atoms with E-state index in [4.69, 9.17) is 9.15 Å². The van der Waals surface area contributed by atoms with Gasteiger partial charge in [0, 0.05) is 29.6 Å². The summed E-state index contributed by atoms with van der Waals surface area (Å²) in [5.74, 6) is 0.804. The molecule has 1 atom stereocenters.